The van der Waals surface area contributed by atoms with E-state index in [9.17, 15) is 13.2 Å². The molecule has 0 atom stereocenters. The van der Waals surface area contributed by atoms with Gasteiger partial charge in [0.2, 0.25) is 10.0 Å². The van der Waals surface area contributed by atoms with Gasteiger partial charge in [0.25, 0.3) is 5.91 Å². The van der Waals surface area contributed by atoms with Crippen LogP contribution in [0, 0.1) is 6.92 Å². The van der Waals surface area contributed by atoms with Crippen molar-refractivity contribution in [3.8, 4) is 10.4 Å². The lowest BCUT2D eigenvalue weighted by atomic mass is 10.1. The molecule has 34 heavy (non-hydrogen) atoms. The molecular formula is C24H21ClN4O3S2. The zero-order valence-corrected chi connectivity index (χ0v) is 20.7. The Morgan fingerprint density at radius 1 is 0.971 bits per heavy atom. The highest BCUT2D eigenvalue weighted by molar-refractivity contribution is 7.89. The Bertz CT molecular complexity index is 1480. The van der Waals surface area contributed by atoms with E-state index in [1.165, 1.54) is 15.6 Å². The van der Waals surface area contributed by atoms with Gasteiger partial charge in [-0.1, -0.05) is 23.7 Å². The number of halogens is 1. The summed E-state index contributed by atoms with van der Waals surface area (Å²) >= 11 is 7.38. The van der Waals surface area contributed by atoms with Crippen molar-refractivity contribution < 1.29 is 13.2 Å². The molecule has 0 saturated carbocycles. The molecular weight excluding hydrogens is 492 g/mol. The SMILES string of the molecule is Cc1nc(C(=O)N2CCN(S(=O)(=O)c3ccc4cc(Cl)ccc4c3)CC2)sc1-c1ccncc1. The third kappa shape index (κ3) is 4.32. The summed E-state index contributed by atoms with van der Waals surface area (Å²) in [7, 11) is -3.67. The summed E-state index contributed by atoms with van der Waals surface area (Å²) in [5.74, 6) is -0.173. The van der Waals surface area contributed by atoms with Crippen LogP contribution in [0.5, 0.6) is 0 Å². The Balaban J connectivity index is 1.30. The minimum Gasteiger partial charge on any atom is -0.334 e. The van der Waals surface area contributed by atoms with Crippen LogP contribution < -0.4 is 0 Å². The molecule has 1 fully saturated rings. The van der Waals surface area contributed by atoms with Crippen molar-refractivity contribution in [3.05, 3.63) is 76.6 Å². The summed E-state index contributed by atoms with van der Waals surface area (Å²) in [6, 6.07) is 14.2. The van der Waals surface area contributed by atoms with Gasteiger partial charge in [-0.3, -0.25) is 9.78 Å². The van der Waals surface area contributed by atoms with Gasteiger partial charge in [-0.05, 0) is 59.7 Å². The van der Waals surface area contributed by atoms with Crippen LogP contribution >= 0.6 is 22.9 Å². The van der Waals surface area contributed by atoms with E-state index < -0.39 is 10.0 Å². The topological polar surface area (TPSA) is 83.5 Å². The Morgan fingerprint density at radius 3 is 2.38 bits per heavy atom. The summed E-state index contributed by atoms with van der Waals surface area (Å²) in [5, 5.41) is 2.70. The molecule has 5 rings (SSSR count). The number of hydrogen-bond acceptors (Lipinski definition) is 6. The predicted octanol–water partition coefficient (Wildman–Crippen LogP) is 4.47. The van der Waals surface area contributed by atoms with Crippen molar-refractivity contribution in [3.63, 3.8) is 0 Å². The van der Waals surface area contributed by atoms with Crippen molar-refractivity contribution in [2.24, 2.45) is 0 Å². The molecule has 0 spiro atoms. The quantitative estimate of drug-likeness (QED) is 0.403. The highest BCUT2D eigenvalue weighted by Crippen LogP contribution is 2.31. The standard InChI is InChI=1S/C24H21ClN4O3S2/c1-16-22(17-6-8-26-9-7-17)33-23(27-16)24(30)28-10-12-29(13-11-28)34(31,32)21-5-3-18-14-20(25)4-2-19(18)15-21/h2-9,14-15H,10-13H2,1H3. The number of thiazole rings is 1. The molecule has 2 aromatic heterocycles. The number of benzene rings is 2. The molecule has 0 N–H and O–H groups in total. The Labute approximate surface area is 206 Å². The molecule has 1 aliphatic rings. The van der Waals surface area contributed by atoms with Gasteiger partial charge in [0.15, 0.2) is 5.01 Å². The number of pyridine rings is 1. The molecule has 7 nitrogen and oxygen atoms in total. The summed E-state index contributed by atoms with van der Waals surface area (Å²) < 4.78 is 27.9. The number of piperazine rings is 1. The molecule has 1 amide bonds. The van der Waals surface area contributed by atoms with Gasteiger partial charge in [-0.25, -0.2) is 13.4 Å². The molecule has 0 unspecified atom stereocenters. The Morgan fingerprint density at radius 2 is 1.65 bits per heavy atom. The zero-order chi connectivity index (χ0) is 23.9. The summed E-state index contributed by atoms with van der Waals surface area (Å²) in [6.45, 7) is 2.96. The van der Waals surface area contributed by atoms with Gasteiger partial charge in [-0.15, -0.1) is 11.3 Å². The average molecular weight is 513 g/mol. The largest absolute Gasteiger partial charge is 0.334 e. The first kappa shape index (κ1) is 22.9. The predicted molar refractivity (Wildman–Crippen MR) is 134 cm³/mol. The lowest BCUT2D eigenvalue weighted by molar-refractivity contribution is 0.0697. The fraction of sp³-hybridized carbons (Fsp3) is 0.208. The Kier molecular flexibility index (Phi) is 6.11. The molecule has 10 heteroatoms. The summed E-state index contributed by atoms with van der Waals surface area (Å²) in [5.41, 5.74) is 1.76. The van der Waals surface area contributed by atoms with E-state index in [0.717, 1.165) is 26.9 Å². The van der Waals surface area contributed by atoms with E-state index >= 15 is 0 Å². The molecule has 0 radical (unpaired) electrons. The van der Waals surface area contributed by atoms with E-state index in [1.807, 2.05) is 25.1 Å². The maximum absolute atomic E-state index is 13.2. The smallest absolute Gasteiger partial charge is 0.282 e. The van der Waals surface area contributed by atoms with E-state index in [1.54, 1.807) is 47.6 Å². The van der Waals surface area contributed by atoms with Crippen molar-refractivity contribution in [1.29, 1.82) is 0 Å². The molecule has 4 aromatic rings. The van der Waals surface area contributed by atoms with Gasteiger partial charge < -0.3 is 4.90 Å². The second-order valence-corrected chi connectivity index (χ2v) is 11.4. The van der Waals surface area contributed by atoms with Crippen LogP contribution in [0.25, 0.3) is 21.2 Å². The van der Waals surface area contributed by atoms with Gasteiger partial charge in [0.05, 0.1) is 15.5 Å². The summed E-state index contributed by atoms with van der Waals surface area (Å²) in [4.78, 5) is 24.4. The van der Waals surface area contributed by atoms with E-state index in [4.69, 9.17) is 11.6 Å². The van der Waals surface area contributed by atoms with E-state index in [0.29, 0.717) is 23.1 Å². The number of hydrogen-bond donors (Lipinski definition) is 0. The van der Waals surface area contributed by atoms with Gasteiger partial charge in [0, 0.05) is 43.6 Å². The molecule has 174 valence electrons. The number of aromatic nitrogens is 2. The average Bonchev–Trinajstić information content (AvgIpc) is 3.25. The van der Waals surface area contributed by atoms with Crippen molar-refractivity contribution in [2.75, 3.05) is 26.2 Å². The van der Waals surface area contributed by atoms with Gasteiger partial charge in [-0.2, -0.15) is 4.31 Å². The van der Waals surface area contributed by atoms with Crippen molar-refractivity contribution >= 4 is 49.6 Å². The monoisotopic (exact) mass is 512 g/mol. The van der Waals surface area contributed by atoms with Crippen LogP contribution in [-0.4, -0.2) is 59.7 Å². The lowest BCUT2D eigenvalue weighted by Gasteiger charge is -2.33. The Hall–Kier alpha value is -2.85. The van der Waals surface area contributed by atoms with E-state index in [-0.39, 0.29) is 23.9 Å². The maximum Gasteiger partial charge on any atom is 0.282 e. The van der Waals surface area contributed by atoms with Crippen LogP contribution in [0.2, 0.25) is 5.02 Å². The van der Waals surface area contributed by atoms with Gasteiger partial charge in [0.1, 0.15) is 0 Å². The van der Waals surface area contributed by atoms with Crippen LogP contribution in [0.1, 0.15) is 15.5 Å². The number of carbonyl (C=O) groups is 1. The molecule has 1 saturated heterocycles. The fourth-order valence-electron chi connectivity index (χ4n) is 4.03. The number of amides is 1. The van der Waals surface area contributed by atoms with Crippen LogP contribution in [0.3, 0.4) is 0 Å². The minimum atomic E-state index is -3.67. The maximum atomic E-state index is 13.2. The van der Waals surface area contributed by atoms with Crippen molar-refractivity contribution in [2.45, 2.75) is 11.8 Å². The third-order valence-corrected chi connectivity index (χ3v) is 9.18. The normalized spacial score (nSPS) is 15.1. The number of carbonyl (C=O) groups excluding carboxylic acids is 1. The molecule has 3 heterocycles. The number of fused-ring (bicyclic) bond motifs is 1. The summed E-state index contributed by atoms with van der Waals surface area (Å²) in [6.07, 6.45) is 3.42. The number of sulfonamides is 1. The molecule has 2 aromatic carbocycles. The van der Waals surface area contributed by atoms with Gasteiger partial charge >= 0.3 is 0 Å². The van der Waals surface area contributed by atoms with E-state index in [2.05, 4.69) is 9.97 Å². The van der Waals surface area contributed by atoms with Crippen LogP contribution in [0.15, 0.2) is 65.8 Å². The molecule has 0 aliphatic carbocycles. The first-order chi connectivity index (χ1) is 16.3. The first-order valence-corrected chi connectivity index (χ1v) is 13.3. The lowest BCUT2D eigenvalue weighted by Crippen LogP contribution is -2.50. The molecule has 0 bridgehead atoms. The molecule has 1 aliphatic heterocycles. The van der Waals surface area contributed by atoms with Crippen LogP contribution in [-0.2, 0) is 10.0 Å². The highest BCUT2D eigenvalue weighted by atomic mass is 35.5. The third-order valence-electron chi connectivity index (χ3n) is 5.86. The second kappa shape index (κ2) is 9.07. The zero-order valence-electron chi connectivity index (χ0n) is 18.3. The first-order valence-electron chi connectivity index (χ1n) is 10.7. The minimum absolute atomic E-state index is 0.173. The fourth-order valence-corrected chi connectivity index (χ4v) is 6.71. The highest BCUT2D eigenvalue weighted by Gasteiger charge is 2.31. The number of aryl methyl sites for hydroxylation is 1. The van der Waals surface area contributed by atoms with Crippen LogP contribution in [0.4, 0.5) is 0 Å². The number of rotatable bonds is 4. The van der Waals surface area contributed by atoms with Crippen molar-refractivity contribution in [1.82, 2.24) is 19.2 Å². The second-order valence-electron chi connectivity index (χ2n) is 8.02. The number of nitrogens with zero attached hydrogens (tertiary/aromatic N) is 4.